The Kier molecular flexibility index (Phi) is 5.55. The lowest BCUT2D eigenvalue weighted by atomic mass is 9.79. The van der Waals surface area contributed by atoms with E-state index in [9.17, 15) is 9.59 Å². The summed E-state index contributed by atoms with van der Waals surface area (Å²) in [6, 6.07) is 0. The average Bonchev–Trinajstić information content (AvgIpc) is 2.36. The summed E-state index contributed by atoms with van der Waals surface area (Å²) in [5.74, 6) is -1.01. The maximum absolute atomic E-state index is 12.1. The van der Waals surface area contributed by atoms with E-state index >= 15 is 0 Å². The lowest BCUT2D eigenvalue weighted by Crippen LogP contribution is -2.50. The highest BCUT2D eigenvalue weighted by Crippen LogP contribution is 2.29. The lowest BCUT2D eigenvalue weighted by Gasteiger charge is -2.34. The van der Waals surface area contributed by atoms with Crippen LogP contribution in [-0.2, 0) is 14.3 Å². The van der Waals surface area contributed by atoms with E-state index in [1.165, 1.54) is 0 Å². The van der Waals surface area contributed by atoms with Crippen molar-refractivity contribution in [3.8, 4) is 0 Å². The van der Waals surface area contributed by atoms with Crippen LogP contribution in [0.1, 0.15) is 26.2 Å². The number of carboxylic acid groups (broad SMARTS) is 1. The van der Waals surface area contributed by atoms with E-state index < -0.39 is 11.4 Å². The molecule has 0 bridgehead atoms. The third-order valence-electron chi connectivity index (χ3n) is 3.46. The van der Waals surface area contributed by atoms with Crippen LogP contribution in [-0.4, -0.2) is 43.3 Å². The number of carbonyl (C=O) groups excluding carboxylic acids is 1. The van der Waals surface area contributed by atoms with Crippen LogP contribution < -0.4 is 11.1 Å². The van der Waals surface area contributed by atoms with E-state index in [4.69, 9.17) is 15.6 Å². The molecule has 0 saturated carbocycles. The number of ether oxygens (including phenoxy) is 1. The predicted octanol–water partition coefficient (Wildman–Crippen LogP) is -0.0311. The van der Waals surface area contributed by atoms with Gasteiger partial charge in [0.15, 0.2) is 0 Å². The van der Waals surface area contributed by atoms with Crippen LogP contribution in [0.2, 0.25) is 0 Å². The highest BCUT2D eigenvalue weighted by atomic mass is 16.5. The molecule has 1 aliphatic heterocycles. The Labute approximate surface area is 107 Å². The first-order chi connectivity index (χ1) is 8.50. The first-order valence-corrected chi connectivity index (χ1v) is 6.28. The van der Waals surface area contributed by atoms with Crippen molar-refractivity contribution in [1.82, 2.24) is 5.32 Å². The molecule has 1 saturated heterocycles. The van der Waals surface area contributed by atoms with Gasteiger partial charge in [0.2, 0.25) is 5.91 Å². The summed E-state index contributed by atoms with van der Waals surface area (Å²) in [5, 5.41) is 11.5. The molecular weight excluding hydrogens is 236 g/mol. The molecule has 18 heavy (non-hydrogen) atoms. The monoisotopic (exact) mass is 258 g/mol. The number of carbonyl (C=O) groups is 2. The topological polar surface area (TPSA) is 102 Å². The zero-order chi connectivity index (χ0) is 13.6. The van der Waals surface area contributed by atoms with Gasteiger partial charge in [-0.1, -0.05) is 6.92 Å². The van der Waals surface area contributed by atoms with Crippen molar-refractivity contribution < 1.29 is 19.4 Å². The summed E-state index contributed by atoms with van der Waals surface area (Å²) >= 11 is 0. The van der Waals surface area contributed by atoms with Crippen molar-refractivity contribution >= 4 is 11.9 Å². The Balaban J connectivity index is 2.45. The molecule has 0 aromatic heterocycles. The number of carboxylic acids is 1. The zero-order valence-corrected chi connectivity index (χ0v) is 10.8. The highest BCUT2D eigenvalue weighted by molar-refractivity contribution is 5.83. The summed E-state index contributed by atoms with van der Waals surface area (Å²) in [5.41, 5.74) is 5.18. The minimum Gasteiger partial charge on any atom is -0.481 e. The molecule has 0 aromatic carbocycles. The van der Waals surface area contributed by atoms with Crippen LogP contribution in [0.5, 0.6) is 0 Å². The Morgan fingerprint density at radius 2 is 2.06 bits per heavy atom. The quantitative estimate of drug-likeness (QED) is 0.621. The predicted molar refractivity (Wildman–Crippen MR) is 66.0 cm³/mol. The molecule has 1 unspecified atom stereocenters. The molecule has 0 aliphatic carbocycles. The molecule has 6 nitrogen and oxygen atoms in total. The number of amides is 1. The molecule has 1 amide bonds. The van der Waals surface area contributed by atoms with Gasteiger partial charge in [-0.25, -0.2) is 0 Å². The van der Waals surface area contributed by atoms with E-state index in [1.807, 2.05) is 0 Å². The van der Waals surface area contributed by atoms with Crippen LogP contribution in [0.3, 0.4) is 0 Å². The van der Waals surface area contributed by atoms with Gasteiger partial charge in [0.25, 0.3) is 0 Å². The van der Waals surface area contributed by atoms with Gasteiger partial charge in [0.1, 0.15) is 0 Å². The van der Waals surface area contributed by atoms with E-state index in [0.29, 0.717) is 39.1 Å². The number of aliphatic carboxylic acids is 1. The van der Waals surface area contributed by atoms with Crippen LogP contribution >= 0.6 is 0 Å². The fraction of sp³-hybridized carbons (Fsp3) is 0.833. The Morgan fingerprint density at radius 1 is 1.44 bits per heavy atom. The third kappa shape index (κ3) is 3.96. The second-order valence-corrected chi connectivity index (χ2v) is 5.01. The third-order valence-corrected chi connectivity index (χ3v) is 3.46. The van der Waals surface area contributed by atoms with Crippen molar-refractivity contribution in [2.45, 2.75) is 26.2 Å². The van der Waals surface area contributed by atoms with Gasteiger partial charge in [-0.05, 0) is 18.8 Å². The van der Waals surface area contributed by atoms with E-state index in [0.717, 1.165) is 0 Å². The van der Waals surface area contributed by atoms with Gasteiger partial charge in [0, 0.05) is 32.7 Å². The van der Waals surface area contributed by atoms with Crippen LogP contribution in [0, 0.1) is 11.3 Å². The summed E-state index contributed by atoms with van der Waals surface area (Å²) in [6.45, 7) is 3.57. The first-order valence-electron chi connectivity index (χ1n) is 6.28. The fourth-order valence-corrected chi connectivity index (χ4v) is 2.11. The standard InChI is InChI=1S/C12H22N2O4/c1-9(6-10(15)16)7-14-11(17)12(8-13)2-4-18-5-3-12/h9H,2-8,13H2,1H3,(H,14,17)(H,15,16). The van der Waals surface area contributed by atoms with Crippen molar-refractivity contribution in [1.29, 1.82) is 0 Å². The van der Waals surface area contributed by atoms with Crippen molar-refractivity contribution in [2.75, 3.05) is 26.3 Å². The molecular formula is C12H22N2O4. The SMILES string of the molecule is CC(CNC(=O)C1(CN)CCOCC1)CC(=O)O. The van der Waals surface area contributed by atoms with E-state index in [-0.39, 0.29) is 18.2 Å². The molecule has 1 aliphatic rings. The van der Waals surface area contributed by atoms with Crippen molar-refractivity contribution in [3.05, 3.63) is 0 Å². The smallest absolute Gasteiger partial charge is 0.303 e. The molecule has 0 radical (unpaired) electrons. The number of hydrogen-bond acceptors (Lipinski definition) is 4. The molecule has 1 fully saturated rings. The molecule has 6 heteroatoms. The van der Waals surface area contributed by atoms with Gasteiger partial charge < -0.3 is 20.9 Å². The Hall–Kier alpha value is -1.14. The maximum atomic E-state index is 12.1. The number of nitrogens with one attached hydrogen (secondary N) is 1. The molecule has 0 spiro atoms. The van der Waals surface area contributed by atoms with E-state index in [1.54, 1.807) is 6.92 Å². The minimum atomic E-state index is -0.851. The summed E-state index contributed by atoms with van der Waals surface area (Å²) in [4.78, 5) is 22.7. The molecule has 1 heterocycles. The zero-order valence-electron chi connectivity index (χ0n) is 10.8. The number of nitrogens with two attached hydrogens (primary N) is 1. The van der Waals surface area contributed by atoms with Crippen molar-refractivity contribution in [2.24, 2.45) is 17.1 Å². The second-order valence-electron chi connectivity index (χ2n) is 5.01. The fourth-order valence-electron chi connectivity index (χ4n) is 2.11. The van der Waals surface area contributed by atoms with Gasteiger partial charge in [0.05, 0.1) is 5.41 Å². The van der Waals surface area contributed by atoms with Crippen LogP contribution in [0.25, 0.3) is 0 Å². The average molecular weight is 258 g/mol. The Bertz CT molecular complexity index is 300. The summed E-state index contributed by atoms with van der Waals surface area (Å²) in [7, 11) is 0. The number of rotatable bonds is 6. The van der Waals surface area contributed by atoms with Gasteiger partial charge in [-0.3, -0.25) is 9.59 Å². The second kappa shape index (κ2) is 6.70. The normalized spacial score (nSPS) is 20.1. The van der Waals surface area contributed by atoms with Crippen molar-refractivity contribution in [3.63, 3.8) is 0 Å². The molecule has 104 valence electrons. The first kappa shape index (κ1) is 14.9. The van der Waals surface area contributed by atoms with E-state index in [2.05, 4.69) is 5.32 Å². The molecule has 0 aromatic rings. The molecule has 1 atom stereocenters. The van der Waals surface area contributed by atoms with Gasteiger partial charge in [-0.2, -0.15) is 0 Å². The van der Waals surface area contributed by atoms with Gasteiger partial charge in [-0.15, -0.1) is 0 Å². The highest BCUT2D eigenvalue weighted by Gasteiger charge is 2.38. The Morgan fingerprint density at radius 3 is 2.56 bits per heavy atom. The molecule has 4 N–H and O–H groups in total. The minimum absolute atomic E-state index is 0.0546. The maximum Gasteiger partial charge on any atom is 0.303 e. The van der Waals surface area contributed by atoms with Crippen LogP contribution in [0.15, 0.2) is 0 Å². The van der Waals surface area contributed by atoms with Gasteiger partial charge >= 0.3 is 5.97 Å². The molecule has 1 rings (SSSR count). The summed E-state index contributed by atoms with van der Waals surface area (Å²) in [6.07, 6.45) is 1.31. The summed E-state index contributed by atoms with van der Waals surface area (Å²) < 4.78 is 5.24. The number of hydrogen-bond donors (Lipinski definition) is 3. The largest absolute Gasteiger partial charge is 0.481 e. The lowest BCUT2D eigenvalue weighted by molar-refractivity contribution is -0.139. The van der Waals surface area contributed by atoms with Crippen LogP contribution in [0.4, 0.5) is 0 Å².